The van der Waals surface area contributed by atoms with Crippen LogP contribution >= 0.6 is 0 Å². The van der Waals surface area contributed by atoms with Gasteiger partial charge < -0.3 is 9.72 Å². The van der Waals surface area contributed by atoms with Crippen molar-refractivity contribution in [2.45, 2.75) is 32.1 Å². The number of aromatic nitrogens is 4. The topological polar surface area (TPSA) is 69.8 Å². The van der Waals surface area contributed by atoms with Crippen molar-refractivity contribution in [1.82, 2.24) is 25.1 Å². The highest BCUT2D eigenvalue weighted by atomic mass is 16.5. The van der Waals surface area contributed by atoms with Crippen molar-refractivity contribution in [1.29, 1.82) is 0 Å². The lowest BCUT2D eigenvalue weighted by molar-refractivity contribution is 0.195. The normalized spacial score (nSPS) is 14.9. The van der Waals surface area contributed by atoms with Crippen molar-refractivity contribution in [3.8, 4) is 11.4 Å². The van der Waals surface area contributed by atoms with E-state index >= 15 is 0 Å². The molecule has 0 saturated carbocycles. The van der Waals surface area contributed by atoms with Gasteiger partial charge in [0.25, 0.3) is 0 Å². The summed E-state index contributed by atoms with van der Waals surface area (Å²) in [7, 11) is 1.80. The van der Waals surface area contributed by atoms with Crippen LogP contribution in [0.1, 0.15) is 30.4 Å². The van der Waals surface area contributed by atoms with Crippen molar-refractivity contribution in [2.24, 2.45) is 0 Å². The molecule has 0 saturated heterocycles. The molecule has 34 heavy (non-hydrogen) atoms. The molecule has 4 aromatic rings. The van der Waals surface area contributed by atoms with Crippen LogP contribution in [-0.4, -0.2) is 58.4 Å². The summed E-state index contributed by atoms with van der Waals surface area (Å²) in [5.74, 6) is 0.809. The number of hydrogen-bond acceptors (Lipinski definition) is 4. The van der Waals surface area contributed by atoms with Gasteiger partial charge in [-0.3, -0.25) is 10.00 Å². The summed E-state index contributed by atoms with van der Waals surface area (Å²) in [5.41, 5.74) is 8.20. The van der Waals surface area contributed by atoms with Gasteiger partial charge in [0, 0.05) is 49.5 Å². The summed E-state index contributed by atoms with van der Waals surface area (Å²) < 4.78 is 5.42. The van der Waals surface area contributed by atoms with Crippen LogP contribution in [0.15, 0.2) is 72.2 Å². The molecule has 2 aromatic carbocycles. The van der Waals surface area contributed by atoms with E-state index in [2.05, 4.69) is 79.8 Å². The fraction of sp³-hybridized carbons (Fsp3) is 0.357. The maximum atomic E-state index is 5.42. The van der Waals surface area contributed by atoms with Crippen LogP contribution in [0.3, 0.4) is 0 Å². The largest absolute Gasteiger partial charge is 0.384 e. The third-order valence-electron chi connectivity index (χ3n) is 6.89. The molecule has 0 atom stereocenters. The molecular weight excluding hydrogens is 422 g/mol. The molecule has 6 nitrogen and oxygen atoms in total. The van der Waals surface area contributed by atoms with Crippen molar-refractivity contribution < 1.29 is 4.74 Å². The highest BCUT2D eigenvalue weighted by molar-refractivity contribution is 5.87. The fourth-order valence-corrected chi connectivity index (χ4v) is 5.03. The van der Waals surface area contributed by atoms with E-state index in [-0.39, 0.29) is 0 Å². The lowest BCUT2D eigenvalue weighted by atomic mass is 9.92. The predicted molar refractivity (Wildman–Crippen MR) is 137 cm³/mol. The van der Waals surface area contributed by atoms with Gasteiger partial charge in [-0.1, -0.05) is 41.5 Å². The van der Waals surface area contributed by atoms with Gasteiger partial charge in [-0.2, -0.15) is 5.10 Å². The summed E-state index contributed by atoms with van der Waals surface area (Å²) >= 11 is 0. The van der Waals surface area contributed by atoms with Crippen molar-refractivity contribution in [2.75, 3.05) is 33.4 Å². The molecular formula is C28H33N5O. The van der Waals surface area contributed by atoms with Gasteiger partial charge in [0.05, 0.1) is 0 Å². The lowest BCUT2D eigenvalue weighted by Gasteiger charge is -2.31. The number of fused-ring (bicyclic) bond motifs is 1. The zero-order valence-corrected chi connectivity index (χ0v) is 19.9. The Hall–Kier alpha value is -3.22. The maximum absolute atomic E-state index is 5.42. The molecule has 1 aliphatic heterocycles. The van der Waals surface area contributed by atoms with E-state index in [1.807, 2.05) is 0 Å². The smallest absolute Gasteiger partial charge is 0.155 e. The van der Waals surface area contributed by atoms with Crippen LogP contribution < -0.4 is 0 Å². The van der Waals surface area contributed by atoms with Crippen molar-refractivity contribution in [3.05, 3.63) is 83.3 Å². The Labute approximate surface area is 201 Å². The third-order valence-corrected chi connectivity index (χ3v) is 6.89. The molecule has 0 spiro atoms. The zero-order valence-electron chi connectivity index (χ0n) is 19.9. The first-order chi connectivity index (χ1) is 16.8. The zero-order chi connectivity index (χ0) is 23.2. The maximum Gasteiger partial charge on any atom is 0.155 e. The van der Waals surface area contributed by atoms with Gasteiger partial charge >= 0.3 is 0 Å². The fourth-order valence-electron chi connectivity index (χ4n) is 5.03. The summed E-state index contributed by atoms with van der Waals surface area (Å²) in [6, 6.07) is 17.3. The van der Waals surface area contributed by atoms with E-state index in [4.69, 9.17) is 4.74 Å². The van der Waals surface area contributed by atoms with Crippen LogP contribution in [0.25, 0.3) is 22.3 Å². The molecule has 0 amide bonds. The van der Waals surface area contributed by atoms with Gasteiger partial charge in [0.2, 0.25) is 0 Å². The first kappa shape index (κ1) is 22.6. The van der Waals surface area contributed by atoms with Crippen LogP contribution in [0, 0.1) is 0 Å². The molecule has 0 bridgehead atoms. The average molecular weight is 456 g/mol. The number of aryl methyl sites for hydroxylation is 1. The number of H-pyrrole nitrogens is 2. The second-order valence-electron chi connectivity index (χ2n) is 9.15. The minimum atomic E-state index is 0.796. The molecule has 176 valence electrons. The minimum Gasteiger partial charge on any atom is -0.384 e. The van der Waals surface area contributed by atoms with E-state index in [0.29, 0.717) is 0 Å². The number of hydrogen-bond donors (Lipinski definition) is 2. The highest BCUT2D eigenvalue weighted by Gasteiger charge is 2.19. The van der Waals surface area contributed by atoms with E-state index in [1.165, 1.54) is 22.0 Å². The van der Waals surface area contributed by atoms with Crippen molar-refractivity contribution in [3.63, 3.8) is 0 Å². The number of rotatable bonds is 10. The number of aromatic amines is 2. The first-order valence-corrected chi connectivity index (χ1v) is 12.2. The van der Waals surface area contributed by atoms with E-state index in [0.717, 1.165) is 69.7 Å². The van der Waals surface area contributed by atoms with E-state index in [9.17, 15) is 0 Å². The monoisotopic (exact) mass is 455 g/mol. The first-order valence-electron chi connectivity index (χ1n) is 12.2. The SMILES string of the molecule is COCCC1=C(Cc2ccccc2)CCN(CCCc2c[nH]c3ccc(-c4ncn[nH]4)cc23)C1. The molecule has 0 unspecified atom stereocenters. The minimum absolute atomic E-state index is 0.796. The Morgan fingerprint density at radius 1 is 1.06 bits per heavy atom. The molecule has 2 aromatic heterocycles. The number of nitrogens with one attached hydrogen (secondary N) is 2. The molecule has 3 heterocycles. The van der Waals surface area contributed by atoms with Gasteiger partial charge in [0.15, 0.2) is 5.82 Å². The number of ether oxygens (including phenoxy) is 1. The van der Waals surface area contributed by atoms with Crippen LogP contribution in [-0.2, 0) is 17.6 Å². The summed E-state index contributed by atoms with van der Waals surface area (Å²) in [6.07, 6.45) is 9.17. The number of nitrogens with zero attached hydrogens (tertiary/aromatic N) is 3. The molecule has 0 radical (unpaired) electrons. The average Bonchev–Trinajstić information content (AvgIpc) is 3.55. The van der Waals surface area contributed by atoms with Crippen molar-refractivity contribution >= 4 is 10.9 Å². The van der Waals surface area contributed by atoms with Crippen LogP contribution in [0.2, 0.25) is 0 Å². The van der Waals surface area contributed by atoms with Crippen LogP contribution in [0.5, 0.6) is 0 Å². The Balaban J connectivity index is 1.22. The molecule has 0 fully saturated rings. The standard InChI is InChI=1S/C28H33N5O/c1-34-15-12-25-19-33(14-11-22(25)16-21-6-3-2-4-7-21)13-5-8-24-18-29-27-10-9-23(17-26(24)27)28-30-20-31-32-28/h2-4,6-7,9-10,17-18,20,29H,5,8,11-16,19H2,1H3,(H,30,31,32). The molecule has 2 N–H and O–H groups in total. The summed E-state index contributed by atoms with van der Waals surface area (Å²) in [6.45, 7) is 4.12. The van der Waals surface area contributed by atoms with E-state index < -0.39 is 0 Å². The second-order valence-corrected chi connectivity index (χ2v) is 9.15. The number of methoxy groups -OCH3 is 1. The Bertz CT molecular complexity index is 1230. The molecule has 0 aliphatic carbocycles. The van der Waals surface area contributed by atoms with E-state index in [1.54, 1.807) is 24.6 Å². The quantitative estimate of drug-likeness (QED) is 0.324. The third kappa shape index (κ3) is 5.29. The Kier molecular flexibility index (Phi) is 7.17. The van der Waals surface area contributed by atoms with Crippen LogP contribution in [0.4, 0.5) is 0 Å². The Morgan fingerprint density at radius 2 is 1.97 bits per heavy atom. The summed E-state index contributed by atoms with van der Waals surface area (Å²) in [5, 5.41) is 8.22. The predicted octanol–water partition coefficient (Wildman–Crippen LogP) is 5.17. The highest BCUT2D eigenvalue weighted by Crippen LogP contribution is 2.27. The molecule has 5 rings (SSSR count). The second kappa shape index (κ2) is 10.8. The van der Waals surface area contributed by atoms with Gasteiger partial charge in [-0.25, -0.2) is 4.98 Å². The number of benzene rings is 2. The van der Waals surface area contributed by atoms with Gasteiger partial charge in [-0.05, 0) is 68.0 Å². The summed E-state index contributed by atoms with van der Waals surface area (Å²) in [4.78, 5) is 10.3. The molecule has 1 aliphatic rings. The molecule has 6 heteroatoms. The lowest BCUT2D eigenvalue weighted by Crippen LogP contribution is -2.33. The Morgan fingerprint density at radius 3 is 2.79 bits per heavy atom. The van der Waals surface area contributed by atoms with Gasteiger partial charge in [0.1, 0.15) is 6.33 Å². The van der Waals surface area contributed by atoms with Gasteiger partial charge in [-0.15, -0.1) is 0 Å².